The minimum Gasteiger partial charge on any atom is -1.00 e. The first kappa shape index (κ1) is 23.3. The third-order valence-electron chi connectivity index (χ3n) is 6.35. The van der Waals surface area contributed by atoms with Gasteiger partial charge in [0, 0.05) is 23.5 Å². The van der Waals surface area contributed by atoms with Crippen LogP contribution in [0.25, 0.3) is 11.1 Å². The van der Waals surface area contributed by atoms with Gasteiger partial charge >= 0.3 is 35.5 Å². The van der Waals surface area contributed by atoms with Gasteiger partial charge in [-0.15, -0.1) is 0 Å². The van der Waals surface area contributed by atoms with Crippen LogP contribution in [0.5, 0.6) is 0 Å². The number of hydrogen-bond acceptors (Lipinski definition) is 2. The van der Waals surface area contributed by atoms with Gasteiger partial charge in [-0.1, -0.05) is 55.1 Å². The Kier molecular flexibility index (Phi) is 8.03. The van der Waals surface area contributed by atoms with Gasteiger partial charge in [-0.05, 0) is 60.6 Å². The molecule has 154 valence electrons. The maximum Gasteiger partial charge on any atom is 1.00 e. The van der Waals surface area contributed by atoms with E-state index >= 15 is 0 Å². The third kappa shape index (κ3) is 5.11. The number of carbonyl (C=O) groups is 2. The smallest absolute Gasteiger partial charge is 1.00 e. The average Bonchev–Trinajstić information content (AvgIpc) is 3.10. The van der Waals surface area contributed by atoms with E-state index in [2.05, 4.69) is 4.90 Å². The van der Waals surface area contributed by atoms with Crippen molar-refractivity contribution in [3.63, 3.8) is 0 Å². The SMILES string of the molecule is O=C(O)c1ccc(-c2ccc(CC3CCN(C4CCCCC4)C3=O)c(Cl)c2)cc1.[H-].[Na+]. The van der Waals surface area contributed by atoms with E-state index in [0.717, 1.165) is 42.5 Å². The molecule has 1 saturated carbocycles. The Morgan fingerprint density at radius 1 is 1.03 bits per heavy atom. The van der Waals surface area contributed by atoms with Crippen molar-refractivity contribution in [1.82, 2.24) is 4.90 Å². The standard InChI is InChI=1S/C24H26ClNO3.Na.H/c25-22-15-18(16-6-8-17(9-7-16)24(28)29)10-11-19(22)14-20-12-13-26(23(20)27)21-4-2-1-3-5-21;;/h6-11,15,20-21H,1-5,12-14H2,(H,28,29);;/q;+1;-1. The maximum atomic E-state index is 12.9. The van der Waals surface area contributed by atoms with E-state index < -0.39 is 5.97 Å². The van der Waals surface area contributed by atoms with Crippen LogP contribution in [0.2, 0.25) is 5.02 Å². The molecule has 1 heterocycles. The molecular formula is C24H27ClNNaO3. The van der Waals surface area contributed by atoms with Crippen LogP contribution in [0.4, 0.5) is 0 Å². The van der Waals surface area contributed by atoms with Gasteiger partial charge < -0.3 is 11.4 Å². The molecule has 2 aliphatic rings. The largest absolute Gasteiger partial charge is 1.00 e. The van der Waals surface area contributed by atoms with Crippen molar-refractivity contribution >= 4 is 23.5 Å². The van der Waals surface area contributed by atoms with E-state index in [0.29, 0.717) is 23.4 Å². The van der Waals surface area contributed by atoms with Crippen LogP contribution in [0.3, 0.4) is 0 Å². The summed E-state index contributed by atoms with van der Waals surface area (Å²) in [5, 5.41) is 9.69. The Bertz CT molecular complexity index is 916. The van der Waals surface area contributed by atoms with Gasteiger partial charge in [0.05, 0.1) is 5.56 Å². The Labute approximate surface area is 206 Å². The molecule has 1 amide bonds. The second-order valence-corrected chi connectivity index (χ2v) is 8.61. The van der Waals surface area contributed by atoms with Gasteiger partial charge in [0.25, 0.3) is 0 Å². The molecule has 4 rings (SSSR count). The average molecular weight is 436 g/mol. The molecule has 0 spiro atoms. The number of rotatable bonds is 5. The molecule has 0 aromatic heterocycles. The number of benzene rings is 2. The van der Waals surface area contributed by atoms with Gasteiger partial charge in [-0.25, -0.2) is 4.79 Å². The van der Waals surface area contributed by atoms with E-state index in [1.807, 2.05) is 18.2 Å². The molecule has 1 atom stereocenters. The number of hydrogen-bond donors (Lipinski definition) is 1. The van der Waals surface area contributed by atoms with Crippen molar-refractivity contribution in [2.24, 2.45) is 5.92 Å². The summed E-state index contributed by atoms with van der Waals surface area (Å²) in [7, 11) is 0. The van der Waals surface area contributed by atoms with Crippen molar-refractivity contribution in [3.05, 3.63) is 58.6 Å². The fourth-order valence-corrected chi connectivity index (χ4v) is 4.93. The van der Waals surface area contributed by atoms with E-state index in [4.69, 9.17) is 16.7 Å². The van der Waals surface area contributed by atoms with Crippen molar-refractivity contribution in [2.45, 2.75) is 51.0 Å². The van der Waals surface area contributed by atoms with E-state index in [1.165, 1.54) is 19.3 Å². The monoisotopic (exact) mass is 435 g/mol. The number of aromatic carboxylic acids is 1. The Hall–Kier alpha value is -1.33. The molecule has 2 aromatic rings. The second kappa shape index (κ2) is 10.3. The van der Waals surface area contributed by atoms with Gasteiger partial charge in [0.1, 0.15) is 0 Å². The van der Waals surface area contributed by atoms with Gasteiger partial charge in [-0.3, -0.25) is 4.79 Å². The zero-order chi connectivity index (χ0) is 20.4. The Morgan fingerprint density at radius 2 is 1.70 bits per heavy atom. The van der Waals surface area contributed by atoms with Crippen molar-refractivity contribution in [1.29, 1.82) is 0 Å². The zero-order valence-corrected chi connectivity index (χ0v) is 20.2. The van der Waals surface area contributed by atoms with Crippen LogP contribution < -0.4 is 29.6 Å². The number of nitrogens with zero attached hydrogens (tertiary/aromatic N) is 1. The summed E-state index contributed by atoms with van der Waals surface area (Å²) in [6, 6.07) is 13.1. The van der Waals surface area contributed by atoms with Crippen LogP contribution in [0.1, 0.15) is 55.9 Å². The fraction of sp³-hybridized carbons (Fsp3) is 0.417. The molecule has 30 heavy (non-hydrogen) atoms. The van der Waals surface area contributed by atoms with Crippen molar-refractivity contribution in [3.8, 4) is 11.1 Å². The first-order valence-electron chi connectivity index (χ1n) is 10.5. The molecule has 0 bridgehead atoms. The van der Waals surface area contributed by atoms with Crippen molar-refractivity contribution in [2.75, 3.05) is 6.54 Å². The molecule has 0 radical (unpaired) electrons. The van der Waals surface area contributed by atoms with Gasteiger partial charge in [0.2, 0.25) is 5.91 Å². The molecule has 1 aliphatic heterocycles. The fourth-order valence-electron chi connectivity index (χ4n) is 4.67. The molecule has 2 fully saturated rings. The molecule has 6 heteroatoms. The van der Waals surface area contributed by atoms with Crippen LogP contribution in [-0.2, 0) is 11.2 Å². The molecule has 1 aliphatic carbocycles. The summed E-state index contributed by atoms with van der Waals surface area (Å²) in [5.41, 5.74) is 3.13. The number of carboxylic acids is 1. The quantitative estimate of drug-likeness (QED) is 0.734. The van der Waals surface area contributed by atoms with Crippen LogP contribution >= 0.6 is 11.6 Å². The van der Waals surface area contributed by atoms with Crippen LogP contribution in [-0.4, -0.2) is 34.5 Å². The molecule has 1 unspecified atom stereocenters. The van der Waals surface area contributed by atoms with Crippen LogP contribution in [0.15, 0.2) is 42.5 Å². The molecule has 4 nitrogen and oxygen atoms in total. The third-order valence-corrected chi connectivity index (χ3v) is 6.70. The first-order chi connectivity index (χ1) is 14.0. The van der Waals surface area contributed by atoms with E-state index in [-0.39, 0.29) is 42.5 Å². The maximum absolute atomic E-state index is 12.9. The van der Waals surface area contributed by atoms with Crippen molar-refractivity contribution < 1.29 is 45.7 Å². The topological polar surface area (TPSA) is 57.6 Å². The number of carbonyl (C=O) groups excluding carboxylic acids is 1. The summed E-state index contributed by atoms with van der Waals surface area (Å²) in [4.78, 5) is 26.1. The van der Waals surface area contributed by atoms with Crippen LogP contribution in [0, 0.1) is 5.92 Å². The summed E-state index contributed by atoms with van der Waals surface area (Å²) in [5.74, 6) is -0.620. The van der Waals surface area contributed by atoms with E-state index in [1.54, 1.807) is 24.3 Å². The second-order valence-electron chi connectivity index (χ2n) is 8.20. The van der Waals surface area contributed by atoms with E-state index in [9.17, 15) is 9.59 Å². The summed E-state index contributed by atoms with van der Waals surface area (Å²) < 4.78 is 0. The van der Waals surface area contributed by atoms with Gasteiger partial charge in [0.15, 0.2) is 0 Å². The summed E-state index contributed by atoms with van der Waals surface area (Å²) in [6.45, 7) is 0.875. The molecular weight excluding hydrogens is 409 g/mol. The normalized spacial score (nSPS) is 19.6. The predicted octanol–water partition coefficient (Wildman–Crippen LogP) is 2.55. The molecule has 1 saturated heterocycles. The minimum absolute atomic E-state index is 0. The van der Waals surface area contributed by atoms with Gasteiger partial charge in [-0.2, -0.15) is 0 Å². The molecule has 2 aromatic carbocycles. The molecule has 1 N–H and O–H groups in total. The Balaban J connectivity index is 0.00000171. The first-order valence-corrected chi connectivity index (χ1v) is 10.8. The number of carboxylic acid groups (broad SMARTS) is 1. The number of halogens is 1. The number of likely N-dealkylation sites (tertiary alicyclic amines) is 1. The summed E-state index contributed by atoms with van der Waals surface area (Å²) in [6.07, 6.45) is 7.65. The predicted molar refractivity (Wildman–Crippen MR) is 115 cm³/mol. The Morgan fingerprint density at radius 3 is 2.33 bits per heavy atom. The number of amides is 1. The zero-order valence-electron chi connectivity index (χ0n) is 18.4. The minimum atomic E-state index is -0.937. The summed E-state index contributed by atoms with van der Waals surface area (Å²) >= 11 is 6.55.